The quantitative estimate of drug-likeness (QED) is 0.286. The van der Waals surface area contributed by atoms with Gasteiger partial charge in [0.2, 0.25) is 0 Å². The van der Waals surface area contributed by atoms with Crippen LogP contribution in [0.15, 0.2) is 58.4 Å². The van der Waals surface area contributed by atoms with Gasteiger partial charge in [0, 0.05) is 37.4 Å². The van der Waals surface area contributed by atoms with E-state index in [9.17, 15) is 31.1 Å². The van der Waals surface area contributed by atoms with Gasteiger partial charge < -0.3 is 4.90 Å². The molecule has 1 heterocycles. The summed E-state index contributed by atoms with van der Waals surface area (Å²) < 4.78 is 79.5. The number of carbonyl (C=O) groups excluding carboxylic acids is 1. The number of hydrogen-bond acceptors (Lipinski definition) is 6. The average molecular weight is 500 g/mol. The summed E-state index contributed by atoms with van der Waals surface area (Å²) >= 11 is 0. The summed E-state index contributed by atoms with van der Waals surface area (Å²) in [6.45, 7) is 3.08. The van der Waals surface area contributed by atoms with Crippen molar-refractivity contribution in [3.8, 4) is 11.4 Å². The molecule has 2 aromatic rings. The molecule has 0 aliphatic heterocycles. The summed E-state index contributed by atoms with van der Waals surface area (Å²) in [5.41, 5.74) is -1.57. The van der Waals surface area contributed by atoms with Crippen LogP contribution in [0.3, 0.4) is 0 Å². The molecule has 0 bridgehead atoms. The molecule has 35 heavy (non-hydrogen) atoms. The van der Waals surface area contributed by atoms with Crippen LogP contribution in [0.25, 0.3) is 11.4 Å². The zero-order chi connectivity index (χ0) is 26.0. The van der Waals surface area contributed by atoms with E-state index in [2.05, 4.69) is 32.0 Å². The van der Waals surface area contributed by atoms with Crippen molar-refractivity contribution in [3.63, 3.8) is 0 Å². The molecule has 0 aliphatic carbocycles. The molecule has 2 rings (SSSR count). The summed E-state index contributed by atoms with van der Waals surface area (Å²) in [7, 11) is 0. The predicted octanol–water partition coefficient (Wildman–Crippen LogP) is 4.14. The number of nitrogens with zero attached hydrogens (tertiary/aromatic N) is 5. The second kappa shape index (κ2) is 12.7. The van der Waals surface area contributed by atoms with Crippen molar-refractivity contribution < 1.29 is 31.1 Å². The first-order valence-corrected chi connectivity index (χ1v) is 10.1. The van der Waals surface area contributed by atoms with E-state index >= 15 is 0 Å². The lowest BCUT2D eigenvalue weighted by Gasteiger charge is -2.30. The second-order valence-corrected chi connectivity index (χ2v) is 7.12. The van der Waals surface area contributed by atoms with Crippen LogP contribution >= 0.6 is 0 Å². The zero-order valence-electron chi connectivity index (χ0n) is 18.5. The van der Waals surface area contributed by atoms with Crippen LogP contribution in [0.4, 0.5) is 26.3 Å². The monoisotopic (exact) mass is 500 g/mol. The van der Waals surface area contributed by atoms with Crippen LogP contribution in [-0.4, -0.2) is 72.1 Å². The molecule has 0 aliphatic rings. The maximum atomic E-state index is 14.6. The van der Waals surface area contributed by atoms with Gasteiger partial charge in [0.25, 0.3) is 12.3 Å². The number of rotatable bonds is 11. The molecule has 7 nitrogen and oxygen atoms in total. The number of alkyl halides is 5. The first-order chi connectivity index (χ1) is 16.6. The number of benzene rings is 1. The van der Waals surface area contributed by atoms with Crippen molar-refractivity contribution in [1.29, 1.82) is 0 Å². The fourth-order valence-corrected chi connectivity index (χ4v) is 2.99. The average Bonchev–Trinajstić information content (AvgIpc) is 2.80. The van der Waals surface area contributed by atoms with Crippen LogP contribution in [0, 0.1) is 5.82 Å². The first kappa shape index (κ1) is 27.6. The summed E-state index contributed by atoms with van der Waals surface area (Å²) in [5, 5.41) is 2.68. The van der Waals surface area contributed by atoms with Crippen molar-refractivity contribution >= 4 is 18.8 Å². The molecule has 1 N–H and O–H groups in total. The number of allylic oxidation sites excluding steroid dienone is 1. The van der Waals surface area contributed by atoms with Crippen molar-refractivity contribution in [2.75, 3.05) is 19.8 Å². The Hall–Kier alpha value is -3.61. The highest BCUT2D eigenvalue weighted by Crippen LogP contribution is 2.26. The number of aromatic nitrogens is 2. The minimum absolute atomic E-state index is 0.0893. The van der Waals surface area contributed by atoms with E-state index in [1.54, 1.807) is 0 Å². The SMILES string of the molecule is C=N/C=C(\C=NCNC[C@H](C)N(CC(F)F)C(=O)c1cccc(F)c1-c1ncccn1)C(F)(F)F. The Morgan fingerprint density at radius 3 is 2.51 bits per heavy atom. The molecular weight excluding hydrogens is 478 g/mol. The van der Waals surface area contributed by atoms with Gasteiger partial charge in [0.15, 0.2) is 5.82 Å². The number of halogens is 6. The molecule has 0 saturated carbocycles. The fraction of sp³-hybridized carbons (Fsp3) is 0.318. The van der Waals surface area contributed by atoms with Crippen molar-refractivity contribution in [2.45, 2.75) is 25.6 Å². The summed E-state index contributed by atoms with van der Waals surface area (Å²) in [6, 6.07) is 4.27. The first-order valence-electron chi connectivity index (χ1n) is 10.1. The van der Waals surface area contributed by atoms with Gasteiger partial charge in [-0.25, -0.2) is 23.1 Å². The number of nitrogens with one attached hydrogen (secondary N) is 1. The van der Waals surface area contributed by atoms with Crippen molar-refractivity contribution in [1.82, 2.24) is 20.2 Å². The molecule has 0 unspecified atom stereocenters. The predicted molar refractivity (Wildman–Crippen MR) is 119 cm³/mol. The third-order valence-electron chi connectivity index (χ3n) is 4.59. The Morgan fingerprint density at radius 2 is 1.91 bits per heavy atom. The Kier molecular flexibility index (Phi) is 10.1. The van der Waals surface area contributed by atoms with E-state index < -0.39 is 42.5 Å². The number of amides is 1. The van der Waals surface area contributed by atoms with E-state index in [4.69, 9.17) is 0 Å². The summed E-state index contributed by atoms with van der Waals surface area (Å²) in [6.07, 6.45) is -3.83. The molecule has 0 saturated heterocycles. The van der Waals surface area contributed by atoms with Crippen LogP contribution in [0.2, 0.25) is 0 Å². The van der Waals surface area contributed by atoms with E-state index in [-0.39, 0.29) is 30.2 Å². The standard InChI is InChI=1S/C22H22F6N6O/c1-14(9-30-13-31-11-15(10-29-2)22(26,27)28)34(12-18(24)25)21(35)16-5-3-6-17(23)19(16)20-32-7-4-8-33-20/h3-8,10-11,14,18,30H,2,9,12-13H2,1H3/b15-10+,31-11?/t14-/m0/s1. The molecule has 0 spiro atoms. The highest BCUT2D eigenvalue weighted by molar-refractivity contribution is 6.00. The molecule has 1 atom stereocenters. The minimum Gasteiger partial charge on any atom is -0.329 e. The third-order valence-corrected chi connectivity index (χ3v) is 4.59. The molecule has 1 aromatic heterocycles. The lowest BCUT2D eigenvalue weighted by atomic mass is 10.0. The Balaban J connectivity index is 2.19. The van der Waals surface area contributed by atoms with E-state index in [1.807, 2.05) is 0 Å². The van der Waals surface area contributed by atoms with E-state index in [0.29, 0.717) is 12.4 Å². The number of carbonyl (C=O) groups is 1. The van der Waals surface area contributed by atoms with E-state index in [1.165, 1.54) is 37.5 Å². The molecule has 0 radical (unpaired) electrons. The van der Waals surface area contributed by atoms with Gasteiger partial charge in [-0.05, 0) is 31.8 Å². The van der Waals surface area contributed by atoms with Gasteiger partial charge >= 0.3 is 6.18 Å². The maximum absolute atomic E-state index is 14.6. The molecular formula is C22H22F6N6O. The topological polar surface area (TPSA) is 82.8 Å². The second-order valence-electron chi connectivity index (χ2n) is 7.12. The number of hydrogen-bond donors (Lipinski definition) is 1. The van der Waals surface area contributed by atoms with Crippen molar-refractivity contribution in [3.05, 3.63) is 59.8 Å². The van der Waals surface area contributed by atoms with Crippen LogP contribution in [-0.2, 0) is 0 Å². The molecule has 1 amide bonds. The molecule has 0 fully saturated rings. The lowest BCUT2D eigenvalue weighted by Crippen LogP contribution is -2.46. The van der Waals surface area contributed by atoms with Gasteiger partial charge in [-0.2, -0.15) is 13.2 Å². The lowest BCUT2D eigenvalue weighted by molar-refractivity contribution is -0.0857. The highest BCUT2D eigenvalue weighted by atomic mass is 19.4. The highest BCUT2D eigenvalue weighted by Gasteiger charge is 2.32. The van der Waals surface area contributed by atoms with Gasteiger partial charge in [0.1, 0.15) is 5.82 Å². The minimum atomic E-state index is -4.68. The Morgan fingerprint density at radius 1 is 1.23 bits per heavy atom. The fourth-order valence-electron chi connectivity index (χ4n) is 2.99. The normalized spacial score (nSPS) is 13.3. The smallest absolute Gasteiger partial charge is 0.329 e. The molecule has 1 aromatic carbocycles. The van der Waals surface area contributed by atoms with Gasteiger partial charge in [-0.15, -0.1) is 0 Å². The van der Waals surface area contributed by atoms with Crippen molar-refractivity contribution in [2.24, 2.45) is 9.98 Å². The largest absolute Gasteiger partial charge is 0.419 e. The summed E-state index contributed by atoms with van der Waals surface area (Å²) in [5.74, 6) is -1.78. The van der Waals surface area contributed by atoms with Crippen LogP contribution < -0.4 is 5.32 Å². The molecule has 188 valence electrons. The van der Waals surface area contributed by atoms with E-state index in [0.717, 1.165) is 11.0 Å². The summed E-state index contributed by atoms with van der Waals surface area (Å²) in [4.78, 5) is 28.6. The van der Waals surface area contributed by atoms with Crippen LogP contribution in [0.5, 0.6) is 0 Å². The maximum Gasteiger partial charge on any atom is 0.419 e. The van der Waals surface area contributed by atoms with Gasteiger partial charge in [-0.3, -0.25) is 20.1 Å². The molecule has 13 heteroatoms. The Labute approximate surface area is 197 Å². The van der Waals surface area contributed by atoms with Gasteiger partial charge in [0.05, 0.1) is 29.9 Å². The number of aliphatic imine (C=N–C) groups is 2. The van der Waals surface area contributed by atoms with Crippen LogP contribution in [0.1, 0.15) is 17.3 Å². The zero-order valence-corrected chi connectivity index (χ0v) is 18.5. The Bertz CT molecular complexity index is 1060. The van der Waals surface area contributed by atoms with Gasteiger partial charge in [-0.1, -0.05) is 6.07 Å². The third kappa shape index (κ3) is 7.98.